The Balaban J connectivity index is 2.77. The standard InChI is InChI=1S/C14H20O5/c1-3-17-11-8-12(18-4-2)10-13(9-11)19-14(16)6-5-7-15/h8-10,15H,3-7H2,1-2H3. The third-order valence-electron chi connectivity index (χ3n) is 2.25. The highest BCUT2D eigenvalue weighted by Crippen LogP contribution is 2.28. The number of ether oxygens (including phenoxy) is 3. The molecular formula is C14H20O5. The Morgan fingerprint density at radius 1 is 1.05 bits per heavy atom. The van der Waals surface area contributed by atoms with Gasteiger partial charge >= 0.3 is 5.97 Å². The molecule has 0 unspecified atom stereocenters. The molecule has 1 N–H and O–H groups in total. The number of esters is 1. The van der Waals surface area contributed by atoms with E-state index >= 15 is 0 Å². The Bertz CT molecular complexity index is 379. The van der Waals surface area contributed by atoms with Crippen LogP contribution in [0.25, 0.3) is 0 Å². The van der Waals surface area contributed by atoms with E-state index in [0.717, 1.165) is 0 Å². The van der Waals surface area contributed by atoms with Gasteiger partial charge in [-0.2, -0.15) is 0 Å². The zero-order valence-corrected chi connectivity index (χ0v) is 11.3. The van der Waals surface area contributed by atoms with Gasteiger partial charge in [-0.05, 0) is 20.3 Å². The van der Waals surface area contributed by atoms with Crippen molar-refractivity contribution >= 4 is 5.97 Å². The first-order valence-corrected chi connectivity index (χ1v) is 6.41. The van der Waals surface area contributed by atoms with Crippen molar-refractivity contribution in [2.75, 3.05) is 19.8 Å². The summed E-state index contributed by atoms with van der Waals surface area (Å²) in [4.78, 5) is 11.5. The highest BCUT2D eigenvalue weighted by atomic mass is 16.5. The molecule has 0 fully saturated rings. The van der Waals surface area contributed by atoms with Gasteiger partial charge in [-0.1, -0.05) is 0 Å². The van der Waals surface area contributed by atoms with Gasteiger partial charge < -0.3 is 19.3 Å². The Morgan fingerprint density at radius 2 is 1.58 bits per heavy atom. The van der Waals surface area contributed by atoms with Crippen molar-refractivity contribution in [3.63, 3.8) is 0 Å². The van der Waals surface area contributed by atoms with Crippen molar-refractivity contribution in [2.24, 2.45) is 0 Å². The fraction of sp³-hybridized carbons (Fsp3) is 0.500. The first-order chi connectivity index (χ1) is 9.19. The summed E-state index contributed by atoms with van der Waals surface area (Å²) in [5, 5.41) is 8.66. The van der Waals surface area contributed by atoms with Crippen LogP contribution < -0.4 is 14.2 Å². The van der Waals surface area contributed by atoms with Gasteiger partial charge in [-0.15, -0.1) is 0 Å². The average molecular weight is 268 g/mol. The maximum atomic E-state index is 11.5. The lowest BCUT2D eigenvalue weighted by molar-refractivity contribution is -0.134. The van der Waals surface area contributed by atoms with Crippen LogP contribution in [0.5, 0.6) is 17.2 Å². The number of aliphatic hydroxyl groups excluding tert-OH is 1. The van der Waals surface area contributed by atoms with Gasteiger partial charge in [0.25, 0.3) is 0 Å². The van der Waals surface area contributed by atoms with Crippen LogP contribution in [0.15, 0.2) is 18.2 Å². The van der Waals surface area contributed by atoms with Crippen molar-refractivity contribution in [2.45, 2.75) is 26.7 Å². The summed E-state index contributed by atoms with van der Waals surface area (Å²) >= 11 is 0. The van der Waals surface area contributed by atoms with Gasteiger partial charge in [0, 0.05) is 31.2 Å². The minimum Gasteiger partial charge on any atom is -0.494 e. The van der Waals surface area contributed by atoms with Gasteiger partial charge in [0.1, 0.15) is 17.2 Å². The van der Waals surface area contributed by atoms with Crippen LogP contribution in [0, 0.1) is 0 Å². The van der Waals surface area contributed by atoms with Crippen LogP contribution in [0.3, 0.4) is 0 Å². The van der Waals surface area contributed by atoms with Gasteiger partial charge in [0.15, 0.2) is 0 Å². The fourth-order valence-electron chi connectivity index (χ4n) is 1.51. The van der Waals surface area contributed by atoms with Crippen molar-refractivity contribution in [1.29, 1.82) is 0 Å². The number of hydrogen-bond acceptors (Lipinski definition) is 5. The molecule has 0 spiro atoms. The molecule has 0 aliphatic carbocycles. The molecule has 0 heterocycles. The number of rotatable bonds is 8. The van der Waals surface area contributed by atoms with Crippen LogP contribution in [-0.4, -0.2) is 30.9 Å². The summed E-state index contributed by atoms with van der Waals surface area (Å²) in [6, 6.07) is 5.03. The maximum Gasteiger partial charge on any atom is 0.311 e. The predicted molar refractivity (Wildman–Crippen MR) is 70.7 cm³/mol. The van der Waals surface area contributed by atoms with E-state index in [0.29, 0.717) is 36.9 Å². The van der Waals surface area contributed by atoms with Gasteiger partial charge in [-0.3, -0.25) is 4.79 Å². The van der Waals surface area contributed by atoms with Crippen LogP contribution in [0.4, 0.5) is 0 Å². The first-order valence-electron chi connectivity index (χ1n) is 6.41. The molecule has 5 heteroatoms. The average Bonchev–Trinajstić information content (AvgIpc) is 2.37. The molecule has 1 rings (SSSR count). The van der Waals surface area contributed by atoms with Crippen LogP contribution in [0.1, 0.15) is 26.7 Å². The predicted octanol–water partition coefficient (Wildman–Crippen LogP) is 2.16. The molecule has 0 radical (unpaired) electrons. The molecule has 0 bridgehead atoms. The molecule has 106 valence electrons. The molecule has 0 aromatic heterocycles. The topological polar surface area (TPSA) is 65.0 Å². The van der Waals surface area contributed by atoms with Crippen molar-refractivity contribution in [3.05, 3.63) is 18.2 Å². The molecule has 0 amide bonds. The molecule has 0 aliphatic heterocycles. The maximum absolute atomic E-state index is 11.5. The minimum atomic E-state index is -0.384. The second-order valence-corrected chi connectivity index (χ2v) is 3.81. The smallest absolute Gasteiger partial charge is 0.311 e. The Kier molecular flexibility index (Phi) is 6.74. The summed E-state index contributed by atoms with van der Waals surface area (Å²) in [7, 11) is 0. The van der Waals surface area contributed by atoms with Crippen LogP contribution in [0.2, 0.25) is 0 Å². The van der Waals surface area contributed by atoms with Crippen molar-refractivity contribution < 1.29 is 24.1 Å². The molecule has 0 saturated carbocycles. The van der Waals surface area contributed by atoms with E-state index < -0.39 is 0 Å². The highest BCUT2D eigenvalue weighted by Gasteiger charge is 2.08. The van der Waals surface area contributed by atoms with Crippen molar-refractivity contribution in [1.82, 2.24) is 0 Å². The van der Waals surface area contributed by atoms with Gasteiger partial charge in [0.2, 0.25) is 0 Å². The molecule has 0 saturated heterocycles. The lowest BCUT2D eigenvalue weighted by Crippen LogP contribution is -2.08. The second-order valence-electron chi connectivity index (χ2n) is 3.81. The summed E-state index contributed by atoms with van der Waals surface area (Å²) < 4.78 is 16.0. The third-order valence-corrected chi connectivity index (χ3v) is 2.25. The molecular weight excluding hydrogens is 248 g/mol. The largest absolute Gasteiger partial charge is 0.494 e. The third kappa shape index (κ3) is 5.61. The quantitative estimate of drug-likeness (QED) is 0.578. The van der Waals surface area contributed by atoms with E-state index in [4.69, 9.17) is 19.3 Å². The zero-order chi connectivity index (χ0) is 14.1. The number of carbonyl (C=O) groups excluding carboxylic acids is 1. The van der Waals surface area contributed by atoms with E-state index in [1.165, 1.54) is 0 Å². The van der Waals surface area contributed by atoms with E-state index in [-0.39, 0.29) is 19.0 Å². The van der Waals surface area contributed by atoms with Crippen LogP contribution in [-0.2, 0) is 4.79 Å². The normalized spacial score (nSPS) is 10.1. The minimum absolute atomic E-state index is 0.0295. The molecule has 1 aromatic carbocycles. The van der Waals surface area contributed by atoms with Gasteiger partial charge in [0.05, 0.1) is 13.2 Å². The first kappa shape index (κ1) is 15.3. The van der Waals surface area contributed by atoms with Crippen molar-refractivity contribution in [3.8, 4) is 17.2 Å². The zero-order valence-electron chi connectivity index (χ0n) is 11.3. The lowest BCUT2D eigenvalue weighted by atomic mass is 10.3. The number of carbonyl (C=O) groups is 1. The molecule has 19 heavy (non-hydrogen) atoms. The van der Waals surface area contributed by atoms with Crippen LogP contribution >= 0.6 is 0 Å². The van der Waals surface area contributed by atoms with Gasteiger partial charge in [-0.25, -0.2) is 0 Å². The lowest BCUT2D eigenvalue weighted by Gasteiger charge is -2.10. The van der Waals surface area contributed by atoms with E-state index in [2.05, 4.69) is 0 Å². The highest BCUT2D eigenvalue weighted by molar-refractivity contribution is 5.72. The summed E-state index contributed by atoms with van der Waals surface area (Å²) in [6.07, 6.45) is 0.571. The summed E-state index contributed by atoms with van der Waals surface area (Å²) in [6.45, 7) is 4.76. The molecule has 1 aromatic rings. The summed E-state index contributed by atoms with van der Waals surface area (Å²) in [5.74, 6) is 1.19. The Hall–Kier alpha value is -1.75. The number of aliphatic hydroxyl groups is 1. The Labute approximate surface area is 113 Å². The molecule has 0 aliphatic rings. The van der Waals surface area contributed by atoms with E-state index in [9.17, 15) is 4.79 Å². The number of benzene rings is 1. The fourth-order valence-corrected chi connectivity index (χ4v) is 1.51. The monoisotopic (exact) mass is 268 g/mol. The SMILES string of the molecule is CCOc1cc(OCC)cc(OC(=O)CCCO)c1. The number of hydrogen-bond donors (Lipinski definition) is 1. The molecule has 0 atom stereocenters. The Morgan fingerprint density at radius 3 is 2.05 bits per heavy atom. The second kappa shape index (κ2) is 8.37. The molecule has 5 nitrogen and oxygen atoms in total. The summed E-state index contributed by atoms with van der Waals surface area (Å²) in [5.41, 5.74) is 0. The van der Waals surface area contributed by atoms with E-state index in [1.807, 2.05) is 13.8 Å². The van der Waals surface area contributed by atoms with E-state index in [1.54, 1.807) is 18.2 Å².